The van der Waals surface area contributed by atoms with Gasteiger partial charge in [0.2, 0.25) is 0 Å². The summed E-state index contributed by atoms with van der Waals surface area (Å²) in [6.07, 6.45) is 8.32. The molecule has 0 bridgehead atoms. The number of aryl methyl sites for hydroxylation is 1. The molecule has 0 aliphatic carbocycles. The van der Waals surface area contributed by atoms with Crippen LogP contribution in [0.25, 0.3) is 0 Å². The summed E-state index contributed by atoms with van der Waals surface area (Å²) in [5.41, 5.74) is 0.374. The van der Waals surface area contributed by atoms with Gasteiger partial charge in [-0.05, 0) is 27.2 Å². The fraction of sp³-hybridized carbons (Fsp3) is 0.500. The van der Waals surface area contributed by atoms with Gasteiger partial charge in [0.05, 0.1) is 11.3 Å². The predicted molar refractivity (Wildman–Crippen MR) is 79.3 cm³/mol. The number of hydrogen-bond acceptors (Lipinski definition) is 5. The van der Waals surface area contributed by atoms with Crippen LogP contribution in [0.4, 0.5) is 0 Å². The maximum atomic E-state index is 9.88. The monoisotopic (exact) mass is 277 g/mol. The molecule has 0 spiro atoms. The molecule has 1 heterocycles. The first-order valence-corrected chi connectivity index (χ1v) is 6.93. The molecule has 5 heteroatoms. The first-order chi connectivity index (χ1) is 8.86. The van der Waals surface area contributed by atoms with Crippen LogP contribution in [0.3, 0.4) is 0 Å². The molecule has 0 amide bonds. The Labute approximate surface area is 118 Å². The molecule has 19 heavy (non-hydrogen) atoms. The molecular formula is C14H19N3OS. The molecule has 0 radical (unpaired) electrons. The summed E-state index contributed by atoms with van der Waals surface area (Å²) in [5, 5.41) is 19.9. The Morgan fingerprint density at radius 3 is 2.58 bits per heavy atom. The Kier molecular flexibility index (Phi) is 5.40. The van der Waals surface area contributed by atoms with Crippen molar-refractivity contribution in [2.24, 2.45) is 4.99 Å². The van der Waals surface area contributed by atoms with E-state index in [1.165, 1.54) is 0 Å². The molecule has 0 unspecified atom stereocenters. The number of terminal acetylenes is 1. The van der Waals surface area contributed by atoms with E-state index in [1.807, 2.05) is 6.92 Å². The molecule has 0 saturated carbocycles. The first-order valence-electron chi connectivity index (χ1n) is 6.11. The third kappa shape index (κ3) is 4.93. The molecule has 1 aromatic rings. The normalized spacial score (nSPS) is 13.5. The van der Waals surface area contributed by atoms with Crippen LogP contribution in [0.1, 0.15) is 37.7 Å². The molecule has 4 nitrogen and oxygen atoms in total. The topological polar surface area (TPSA) is 58.4 Å². The number of aliphatic imine (C=N–C) groups is 1. The van der Waals surface area contributed by atoms with Gasteiger partial charge in [0.25, 0.3) is 0 Å². The Morgan fingerprint density at radius 2 is 2.11 bits per heavy atom. The highest BCUT2D eigenvalue weighted by Crippen LogP contribution is 2.16. The summed E-state index contributed by atoms with van der Waals surface area (Å²) in [7, 11) is 0. The van der Waals surface area contributed by atoms with Crippen molar-refractivity contribution in [2.75, 3.05) is 0 Å². The van der Waals surface area contributed by atoms with Crippen molar-refractivity contribution in [3.8, 4) is 12.3 Å². The molecule has 1 aromatic heterocycles. The summed E-state index contributed by atoms with van der Waals surface area (Å²) in [4.78, 5) is 4.39. The van der Waals surface area contributed by atoms with E-state index in [-0.39, 0.29) is 0 Å². The Morgan fingerprint density at radius 1 is 1.47 bits per heavy atom. The lowest BCUT2D eigenvalue weighted by Gasteiger charge is -2.17. The van der Waals surface area contributed by atoms with Crippen molar-refractivity contribution >= 4 is 17.0 Å². The highest BCUT2D eigenvalue weighted by Gasteiger charge is 2.17. The van der Waals surface area contributed by atoms with Gasteiger partial charge in [0.15, 0.2) is 0 Å². The van der Waals surface area contributed by atoms with Gasteiger partial charge in [-0.3, -0.25) is 4.99 Å². The van der Waals surface area contributed by atoms with E-state index in [9.17, 15) is 5.11 Å². The second-order valence-corrected chi connectivity index (χ2v) is 5.83. The molecule has 0 saturated heterocycles. The van der Waals surface area contributed by atoms with Gasteiger partial charge < -0.3 is 5.11 Å². The lowest BCUT2D eigenvalue weighted by atomic mass is 10.0. The predicted octanol–water partition coefficient (Wildman–Crippen LogP) is 2.39. The Bertz CT molecular complexity index is 530. The van der Waals surface area contributed by atoms with E-state index < -0.39 is 5.60 Å². The van der Waals surface area contributed by atoms with E-state index >= 15 is 0 Å². The van der Waals surface area contributed by atoms with Crippen molar-refractivity contribution in [3.63, 3.8) is 0 Å². The number of aromatic nitrogens is 2. The summed E-state index contributed by atoms with van der Waals surface area (Å²) in [6.45, 7) is 7.21. The van der Waals surface area contributed by atoms with E-state index in [0.29, 0.717) is 17.8 Å². The summed E-state index contributed by atoms with van der Waals surface area (Å²) in [6, 6.07) is 0. The van der Waals surface area contributed by atoms with E-state index in [4.69, 9.17) is 6.42 Å². The Hall–Kier alpha value is -1.51. The van der Waals surface area contributed by atoms with Gasteiger partial charge in [-0.1, -0.05) is 12.8 Å². The molecule has 0 atom stereocenters. The largest absolute Gasteiger partial charge is 0.385 e. The number of hydrogen-bond donors (Lipinski definition) is 1. The van der Waals surface area contributed by atoms with Crippen molar-refractivity contribution in [3.05, 3.63) is 21.8 Å². The van der Waals surface area contributed by atoms with Crippen LogP contribution < -0.4 is 0 Å². The van der Waals surface area contributed by atoms with Crippen molar-refractivity contribution in [2.45, 2.75) is 46.1 Å². The van der Waals surface area contributed by atoms with Gasteiger partial charge >= 0.3 is 0 Å². The third-order valence-electron chi connectivity index (χ3n) is 2.59. The van der Waals surface area contributed by atoms with Crippen molar-refractivity contribution in [1.82, 2.24) is 10.2 Å². The standard InChI is InChI=1S/C14H19N3OS/c1-6-8-11(15-10(3)14(4,5)18)9-13-17-16-12(7-2)19-13/h1,8,18H,7,9H2,2-5H3/b11-8-,15-10?. The van der Waals surface area contributed by atoms with Crippen LogP contribution in [0.2, 0.25) is 0 Å². The molecule has 1 rings (SSSR count). The zero-order valence-corrected chi connectivity index (χ0v) is 12.6. The SMILES string of the molecule is C#C/C=C(/Cc1nnc(CC)s1)N=C(C)C(C)(C)O. The average molecular weight is 277 g/mol. The fourth-order valence-electron chi connectivity index (χ4n) is 1.23. The van der Waals surface area contributed by atoms with Crippen LogP contribution in [0, 0.1) is 12.3 Å². The minimum atomic E-state index is -0.955. The van der Waals surface area contributed by atoms with Crippen molar-refractivity contribution in [1.29, 1.82) is 0 Å². The average Bonchev–Trinajstić information content (AvgIpc) is 2.75. The molecule has 0 aliphatic heterocycles. The lowest BCUT2D eigenvalue weighted by Crippen LogP contribution is -2.28. The fourth-order valence-corrected chi connectivity index (χ4v) is 2.03. The number of allylic oxidation sites excluding steroid dienone is 2. The van der Waals surface area contributed by atoms with E-state index in [0.717, 1.165) is 16.4 Å². The van der Waals surface area contributed by atoms with Crippen LogP contribution in [0.15, 0.2) is 16.8 Å². The lowest BCUT2D eigenvalue weighted by molar-refractivity contribution is 0.153. The molecule has 0 aromatic carbocycles. The van der Waals surface area contributed by atoms with E-state index in [2.05, 4.69) is 21.1 Å². The summed E-state index contributed by atoms with van der Waals surface area (Å²) >= 11 is 1.56. The van der Waals surface area contributed by atoms with Gasteiger partial charge in [-0.2, -0.15) is 0 Å². The number of nitrogens with zero attached hydrogens (tertiary/aromatic N) is 3. The molecule has 1 N–H and O–H groups in total. The quantitative estimate of drug-likeness (QED) is 0.664. The Balaban J connectivity index is 2.92. The van der Waals surface area contributed by atoms with Crippen LogP contribution in [0.5, 0.6) is 0 Å². The van der Waals surface area contributed by atoms with Crippen LogP contribution in [-0.2, 0) is 12.8 Å². The van der Waals surface area contributed by atoms with Crippen molar-refractivity contribution < 1.29 is 5.11 Å². The number of rotatable bonds is 5. The van der Waals surface area contributed by atoms with Gasteiger partial charge in [0.1, 0.15) is 10.0 Å². The van der Waals surface area contributed by atoms with E-state index in [1.54, 1.807) is 38.2 Å². The maximum Gasteiger partial charge on any atom is 0.123 e. The minimum Gasteiger partial charge on any atom is -0.385 e. The number of aliphatic hydroxyl groups is 1. The van der Waals surface area contributed by atoms with Gasteiger partial charge in [-0.25, -0.2) is 0 Å². The molecule has 0 fully saturated rings. The highest BCUT2D eigenvalue weighted by atomic mass is 32.1. The highest BCUT2D eigenvalue weighted by molar-refractivity contribution is 7.11. The minimum absolute atomic E-state index is 0.537. The maximum absolute atomic E-state index is 9.88. The second-order valence-electron chi connectivity index (χ2n) is 4.68. The smallest absolute Gasteiger partial charge is 0.123 e. The van der Waals surface area contributed by atoms with Crippen LogP contribution >= 0.6 is 11.3 Å². The zero-order valence-electron chi connectivity index (χ0n) is 11.8. The third-order valence-corrected chi connectivity index (χ3v) is 3.66. The first kappa shape index (κ1) is 15.5. The molecule has 102 valence electrons. The molecule has 0 aliphatic rings. The van der Waals surface area contributed by atoms with Gasteiger partial charge in [-0.15, -0.1) is 28.0 Å². The second kappa shape index (κ2) is 6.60. The zero-order chi connectivity index (χ0) is 14.5. The van der Waals surface area contributed by atoms with Crippen LogP contribution in [-0.4, -0.2) is 26.6 Å². The summed E-state index contributed by atoms with van der Waals surface area (Å²) in [5.74, 6) is 2.47. The van der Waals surface area contributed by atoms with Gasteiger partial charge in [0, 0.05) is 18.2 Å². The molecular weight excluding hydrogens is 258 g/mol. The summed E-state index contributed by atoms with van der Waals surface area (Å²) < 4.78 is 0.